The SMILES string of the molecule is COc1ccccc1NC(=O)N(CCCO)Cc1cc2c(C)ccc(C)c2[nH]c1=O. The number of urea groups is 1. The number of carbonyl (C=O) groups excluding carboxylic acids is 1. The van der Waals surface area contributed by atoms with Crippen molar-refractivity contribution in [1.82, 2.24) is 9.88 Å². The zero-order valence-electron chi connectivity index (χ0n) is 17.5. The van der Waals surface area contributed by atoms with E-state index in [1.165, 1.54) is 12.0 Å². The van der Waals surface area contributed by atoms with E-state index < -0.39 is 0 Å². The highest BCUT2D eigenvalue weighted by Gasteiger charge is 2.18. The van der Waals surface area contributed by atoms with Gasteiger partial charge in [-0.05, 0) is 49.6 Å². The van der Waals surface area contributed by atoms with Crippen LogP contribution in [-0.4, -0.2) is 41.3 Å². The third kappa shape index (κ3) is 4.63. The minimum absolute atomic E-state index is 0.0508. The van der Waals surface area contributed by atoms with E-state index >= 15 is 0 Å². The smallest absolute Gasteiger partial charge is 0.322 e. The first kappa shape index (κ1) is 21.4. The van der Waals surface area contributed by atoms with Crippen molar-refractivity contribution in [2.45, 2.75) is 26.8 Å². The number of benzene rings is 2. The number of carbonyl (C=O) groups is 1. The first-order valence-corrected chi connectivity index (χ1v) is 9.86. The summed E-state index contributed by atoms with van der Waals surface area (Å²) in [5, 5.41) is 13.0. The number of para-hydroxylation sites is 2. The largest absolute Gasteiger partial charge is 0.495 e. The van der Waals surface area contributed by atoms with Gasteiger partial charge in [-0.1, -0.05) is 24.3 Å². The van der Waals surface area contributed by atoms with Crippen LogP contribution in [0, 0.1) is 13.8 Å². The molecule has 1 aromatic heterocycles. The molecule has 0 spiro atoms. The molecule has 7 heteroatoms. The molecular formula is C23H27N3O4. The van der Waals surface area contributed by atoms with Crippen LogP contribution >= 0.6 is 0 Å². The van der Waals surface area contributed by atoms with E-state index in [-0.39, 0.29) is 24.7 Å². The van der Waals surface area contributed by atoms with Crippen molar-refractivity contribution in [1.29, 1.82) is 0 Å². The molecule has 0 aliphatic carbocycles. The third-order valence-electron chi connectivity index (χ3n) is 5.10. The number of rotatable bonds is 7. The number of anilines is 1. The van der Waals surface area contributed by atoms with Crippen LogP contribution in [0.25, 0.3) is 10.9 Å². The molecule has 3 rings (SSSR count). The second kappa shape index (κ2) is 9.45. The molecule has 3 N–H and O–H groups in total. The molecule has 7 nitrogen and oxygen atoms in total. The number of hydrogen-bond acceptors (Lipinski definition) is 4. The number of aryl methyl sites for hydroxylation is 2. The highest BCUT2D eigenvalue weighted by molar-refractivity contribution is 5.91. The van der Waals surface area contributed by atoms with Crippen LogP contribution in [0.4, 0.5) is 10.5 Å². The second-order valence-corrected chi connectivity index (χ2v) is 7.24. The summed E-state index contributed by atoms with van der Waals surface area (Å²) in [6, 6.07) is 12.6. The number of H-pyrrole nitrogens is 1. The first-order chi connectivity index (χ1) is 14.4. The molecule has 0 fully saturated rings. The maximum atomic E-state index is 13.0. The van der Waals surface area contributed by atoms with Gasteiger partial charge in [0.05, 0.1) is 24.9 Å². The Morgan fingerprint density at radius 1 is 1.17 bits per heavy atom. The summed E-state index contributed by atoms with van der Waals surface area (Å²) in [6.45, 7) is 4.32. The Labute approximate surface area is 175 Å². The van der Waals surface area contributed by atoms with Crippen LogP contribution in [0.1, 0.15) is 23.1 Å². The zero-order valence-corrected chi connectivity index (χ0v) is 17.5. The van der Waals surface area contributed by atoms with Gasteiger partial charge in [-0.15, -0.1) is 0 Å². The predicted molar refractivity (Wildman–Crippen MR) is 118 cm³/mol. The number of fused-ring (bicyclic) bond motifs is 1. The molecule has 30 heavy (non-hydrogen) atoms. The van der Waals surface area contributed by atoms with Gasteiger partial charge >= 0.3 is 6.03 Å². The molecule has 0 saturated heterocycles. The van der Waals surface area contributed by atoms with Gasteiger partial charge < -0.3 is 25.0 Å². The summed E-state index contributed by atoms with van der Waals surface area (Å²) in [5.74, 6) is 0.544. The molecule has 2 amide bonds. The molecule has 0 aliphatic heterocycles. The number of pyridine rings is 1. The van der Waals surface area contributed by atoms with Crippen LogP contribution in [0.3, 0.4) is 0 Å². The Balaban J connectivity index is 1.91. The topological polar surface area (TPSA) is 94.7 Å². The van der Waals surface area contributed by atoms with Crippen molar-refractivity contribution in [2.24, 2.45) is 0 Å². The van der Waals surface area contributed by atoms with E-state index in [1.807, 2.05) is 38.1 Å². The standard InChI is InChI=1S/C23H27N3O4/c1-15-9-10-16(2)21-18(15)13-17(22(28)25-21)14-26(11-6-12-27)23(29)24-19-7-4-5-8-20(19)30-3/h4-5,7-10,13,27H,6,11-12,14H2,1-3H3,(H,24,29)(H,25,28). The summed E-state index contributed by atoms with van der Waals surface area (Å²) >= 11 is 0. The van der Waals surface area contributed by atoms with Gasteiger partial charge in [-0.25, -0.2) is 4.79 Å². The summed E-state index contributed by atoms with van der Waals surface area (Å²) in [6.07, 6.45) is 0.406. The van der Waals surface area contributed by atoms with Gasteiger partial charge in [0.2, 0.25) is 0 Å². The number of ether oxygens (including phenoxy) is 1. The lowest BCUT2D eigenvalue weighted by atomic mass is 10.0. The van der Waals surface area contributed by atoms with E-state index in [4.69, 9.17) is 4.74 Å². The monoisotopic (exact) mass is 409 g/mol. The van der Waals surface area contributed by atoms with Gasteiger partial charge in [0.1, 0.15) is 5.75 Å². The Morgan fingerprint density at radius 3 is 2.63 bits per heavy atom. The molecular weight excluding hydrogens is 382 g/mol. The summed E-state index contributed by atoms with van der Waals surface area (Å²) in [7, 11) is 1.54. The van der Waals surface area contributed by atoms with Crippen molar-refractivity contribution in [2.75, 3.05) is 25.6 Å². The van der Waals surface area contributed by atoms with Crippen LogP contribution in [-0.2, 0) is 6.54 Å². The number of hydrogen-bond donors (Lipinski definition) is 3. The fourth-order valence-electron chi connectivity index (χ4n) is 3.40. The molecule has 1 heterocycles. The Bertz CT molecular complexity index is 1110. The van der Waals surface area contributed by atoms with Crippen LogP contribution < -0.4 is 15.6 Å². The third-order valence-corrected chi connectivity index (χ3v) is 5.10. The minimum atomic E-state index is -0.367. The van der Waals surface area contributed by atoms with Gasteiger partial charge in [-0.3, -0.25) is 4.79 Å². The van der Waals surface area contributed by atoms with Crippen molar-refractivity contribution >= 4 is 22.6 Å². The zero-order chi connectivity index (χ0) is 21.7. The second-order valence-electron chi connectivity index (χ2n) is 7.24. The van der Waals surface area contributed by atoms with E-state index in [0.29, 0.717) is 30.0 Å². The van der Waals surface area contributed by atoms with Gasteiger partial charge in [-0.2, -0.15) is 0 Å². The van der Waals surface area contributed by atoms with Crippen molar-refractivity contribution < 1.29 is 14.6 Å². The molecule has 3 aromatic rings. The fraction of sp³-hybridized carbons (Fsp3) is 0.304. The van der Waals surface area contributed by atoms with E-state index in [0.717, 1.165) is 22.0 Å². The predicted octanol–water partition coefficient (Wildman–Crippen LogP) is 3.57. The highest BCUT2D eigenvalue weighted by atomic mass is 16.5. The fourth-order valence-corrected chi connectivity index (χ4v) is 3.40. The number of aliphatic hydroxyl groups is 1. The summed E-state index contributed by atoms with van der Waals surface area (Å²) in [5.41, 5.74) is 3.65. The number of nitrogens with one attached hydrogen (secondary N) is 2. The lowest BCUT2D eigenvalue weighted by Gasteiger charge is -2.23. The molecule has 0 aliphatic rings. The lowest BCUT2D eigenvalue weighted by Crippen LogP contribution is -2.37. The Kier molecular flexibility index (Phi) is 6.74. The quantitative estimate of drug-likeness (QED) is 0.556. The van der Waals surface area contributed by atoms with E-state index in [2.05, 4.69) is 10.3 Å². The number of aromatic amines is 1. The van der Waals surface area contributed by atoms with Crippen molar-refractivity contribution in [3.05, 3.63) is 69.5 Å². The summed E-state index contributed by atoms with van der Waals surface area (Å²) < 4.78 is 5.29. The number of methoxy groups -OCH3 is 1. The molecule has 0 radical (unpaired) electrons. The number of aliphatic hydroxyl groups excluding tert-OH is 1. The van der Waals surface area contributed by atoms with E-state index in [9.17, 15) is 14.7 Å². The molecule has 0 bridgehead atoms. The summed E-state index contributed by atoms with van der Waals surface area (Å²) in [4.78, 5) is 30.1. The van der Waals surface area contributed by atoms with Crippen LogP contribution in [0.15, 0.2) is 47.3 Å². The molecule has 0 atom stereocenters. The van der Waals surface area contributed by atoms with Gasteiger partial charge in [0, 0.05) is 24.1 Å². The minimum Gasteiger partial charge on any atom is -0.495 e. The van der Waals surface area contributed by atoms with Gasteiger partial charge in [0.15, 0.2) is 0 Å². The molecule has 2 aromatic carbocycles. The van der Waals surface area contributed by atoms with E-state index in [1.54, 1.807) is 18.2 Å². The van der Waals surface area contributed by atoms with Crippen molar-refractivity contribution in [3.8, 4) is 5.75 Å². The van der Waals surface area contributed by atoms with Crippen LogP contribution in [0.2, 0.25) is 0 Å². The Hall–Kier alpha value is -3.32. The maximum absolute atomic E-state index is 13.0. The highest BCUT2D eigenvalue weighted by Crippen LogP contribution is 2.24. The van der Waals surface area contributed by atoms with Crippen LogP contribution in [0.5, 0.6) is 5.75 Å². The molecule has 158 valence electrons. The maximum Gasteiger partial charge on any atom is 0.322 e. The van der Waals surface area contributed by atoms with Gasteiger partial charge in [0.25, 0.3) is 5.56 Å². The normalized spacial score (nSPS) is 10.8. The average molecular weight is 409 g/mol. The lowest BCUT2D eigenvalue weighted by molar-refractivity contribution is 0.199. The number of nitrogens with zero attached hydrogens (tertiary/aromatic N) is 1. The Morgan fingerprint density at radius 2 is 1.90 bits per heavy atom. The van der Waals surface area contributed by atoms with Crippen molar-refractivity contribution in [3.63, 3.8) is 0 Å². The average Bonchev–Trinajstić information content (AvgIpc) is 2.74. The number of aromatic nitrogens is 1. The number of amides is 2. The molecule has 0 saturated carbocycles. The first-order valence-electron chi connectivity index (χ1n) is 9.86. The molecule has 0 unspecified atom stereocenters.